The molecule has 0 saturated heterocycles. The largest absolute Gasteiger partial charge is 0.383 e. The molecule has 0 aliphatic carbocycles. The number of fused-ring (bicyclic) bond motifs is 1. The first-order chi connectivity index (χ1) is 11.0. The van der Waals surface area contributed by atoms with E-state index in [9.17, 15) is 14.7 Å². The van der Waals surface area contributed by atoms with Crippen molar-refractivity contribution in [2.24, 2.45) is 0 Å². The lowest BCUT2D eigenvalue weighted by Gasteiger charge is -2.22. The summed E-state index contributed by atoms with van der Waals surface area (Å²) in [5.74, 6) is -0.558. The molecule has 3 aromatic heterocycles. The van der Waals surface area contributed by atoms with Crippen LogP contribution >= 0.6 is 11.3 Å². The van der Waals surface area contributed by atoms with Gasteiger partial charge in [-0.05, 0) is 30.5 Å². The molecule has 0 aromatic carbocycles. The van der Waals surface area contributed by atoms with Crippen molar-refractivity contribution >= 4 is 22.9 Å². The highest BCUT2D eigenvalue weighted by Gasteiger charge is 2.25. The Morgan fingerprint density at radius 1 is 1.39 bits per heavy atom. The first-order valence-electron chi connectivity index (χ1n) is 7.00. The fourth-order valence-electron chi connectivity index (χ4n) is 2.20. The summed E-state index contributed by atoms with van der Waals surface area (Å²) in [6, 6.07) is 8.77. The third-order valence-corrected chi connectivity index (χ3v) is 4.63. The summed E-state index contributed by atoms with van der Waals surface area (Å²) in [6.07, 6.45) is 2.82. The molecule has 6 nitrogen and oxygen atoms in total. The van der Waals surface area contributed by atoms with Crippen molar-refractivity contribution in [1.82, 2.24) is 14.7 Å². The average Bonchev–Trinajstić information content (AvgIpc) is 3.09. The highest BCUT2D eigenvalue weighted by atomic mass is 32.1. The summed E-state index contributed by atoms with van der Waals surface area (Å²) in [6.45, 7) is 1.62. The van der Waals surface area contributed by atoms with Crippen molar-refractivity contribution in [2.45, 2.75) is 12.5 Å². The number of aromatic nitrogens is 2. The summed E-state index contributed by atoms with van der Waals surface area (Å²) in [5.41, 5.74) is -1.22. The molecule has 118 valence electrons. The second kappa shape index (κ2) is 5.94. The van der Waals surface area contributed by atoms with Crippen LogP contribution in [0, 0.1) is 0 Å². The van der Waals surface area contributed by atoms with E-state index in [0.717, 1.165) is 4.88 Å². The lowest BCUT2D eigenvalue weighted by Crippen LogP contribution is -2.40. The third kappa shape index (κ3) is 3.01. The van der Waals surface area contributed by atoms with Crippen LogP contribution in [-0.4, -0.2) is 26.9 Å². The fraction of sp³-hybridized carbons (Fsp3) is 0.188. The highest BCUT2D eigenvalue weighted by Crippen LogP contribution is 2.24. The van der Waals surface area contributed by atoms with Crippen molar-refractivity contribution in [1.29, 1.82) is 0 Å². The van der Waals surface area contributed by atoms with Crippen molar-refractivity contribution in [3.8, 4) is 0 Å². The van der Waals surface area contributed by atoms with Gasteiger partial charge in [-0.25, -0.2) is 4.98 Å². The van der Waals surface area contributed by atoms with E-state index in [4.69, 9.17) is 0 Å². The fourth-order valence-corrected chi connectivity index (χ4v) is 2.99. The quantitative estimate of drug-likeness (QED) is 0.758. The Hall–Kier alpha value is -2.51. The van der Waals surface area contributed by atoms with Crippen molar-refractivity contribution in [3.05, 3.63) is 68.9 Å². The van der Waals surface area contributed by atoms with Crippen LogP contribution in [0.5, 0.6) is 0 Å². The van der Waals surface area contributed by atoms with E-state index in [0.29, 0.717) is 5.65 Å². The normalized spacial score (nSPS) is 13.7. The molecule has 0 aliphatic heterocycles. The standard InChI is InChI=1S/C16H15N3O3S/c1-16(22,12-5-4-8-23-12)10-18-14(20)11-9-17-13-6-2-3-7-19(13)15(11)21/h2-9,22H,10H2,1H3,(H,18,20). The molecule has 1 unspecified atom stereocenters. The maximum absolute atomic E-state index is 12.3. The predicted molar refractivity (Wildman–Crippen MR) is 87.7 cm³/mol. The highest BCUT2D eigenvalue weighted by molar-refractivity contribution is 7.10. The number of carbonyl (C=O) groups is 1. The van der Waals surface area contributed by atoms with E-state index in [-0.39, 0.29) is 12.1 Å². The second-order valence-electron chi connectivity index (χ2n) is 5.34. The van der Waals surface area contributed by atoms with E-state index in [2.05, 4.69) is 10.3 Å². The van der Waals surface area contributed by atoms with Crippen molar-refractivity contribution in [2.75, 3.05) is 6.54 Å². The summed E-state index contributed by atoms with van der Waals surface area (Å²) in [4.78, 5) is 29.4. The predicted octanol–water partition coefficient (Wildman–Crippen LogP) is 1.39. The smallest absolute Gasteiger partial charge is 0.270 e. The van der Waals surface area contributed by atoms with Crippen LogP contribution in [0.2, 0.25) is 0 Å². The summed E-state index contributed by atoms with van der Waals surface area (Å²) in [7, 11) is 0. The minimum atomic E-state index is -1.19. The number of nitrogens with one attached hydrogen (secondary N) is 1. The summed E-state index contributed by atoms with van der Waals surface area (Å²) in [5, 5.41) is 14.9. The van der Waals surface area contributed by atoms with E-state index < -0.39 is 17.1 Å². The summed E-state index contributed by atoms with van der Waals surface area (Å²) >= 11 is 1.40. The number of rotatable bonds is 4. The van der Waals surface area contributed by atoms with Crippen LogP contribution in [0.3, 0.4) is 0 Å². The molecule has 0 bridgehead atoms. The Kier molecular flexibility index (Phi) is 3.97. The molecule has 0 fully saturated rings. The number of pyridine rings is 1. The van der Waals surface area contributed by atoms with Crippen LogP contribution in [0.15, 0.2) is 52.9 Å². The van der Waals surface area contributed by atoms with E-state index >= 15 is 0 Å². The number of hydrogen-bond acceptors (Lipinski definition) is 5. The average molecular weight is 329 g/mol. The van der Waals surface area contributed by atoms with Gasteiger partial charge in [0.2, 0.25) is 0 Å². The molecule has 1 atom stereocenters. The maximum Gasteiger partial charge on any atom is 0.270 e. The topological polar surface area (TPSA) is 83.7 Å². The molecule has 0 saturated carbocycles. The van der Waals surface area contributed by atoms with E-state index in [1.54, 1.807) is 37.4 Å². The molecule has 3 heterocycles. The van der Waals surface area contributed by atoms with Gasteiger partial charge in [0.05, 0.1) is 6.54 Å². The van der Waals surface area contributed by atoms with Gasteiger partial charge in [0.1, 0.15) is 16.8 Å². The van der Waals surface area contributed by atoms with Gasteiger partial charge in [-0.3, -0.25) is 14.0 Å². The molecule has 0 spiro atoms. The zero-order chi connectivity index (χ0) is 16.4. The van der Waals surface area contributed by atoms with Crippen LogP contribution in [-0.2, 0) is 5.60 Å². The van der Waals surface area contributed by atoms with Gasteiger partial charge in [-0.15, -0.1) is 11.3 Å². The van der Waals surface area contributed by atoms with Crippen LogP contribution in [0.1, 0.15) is 22.2 Å². The Bertz CT molecular complexity index is 900. The van der Waals surface area contributed by atoms with Gasteiger partial charge >= 0.3 is 0 Å². The van der Waals surface area contributed by atoms with Crippen LogP contribution in [0.4, 0.5) is 0 Å². The maximum atomic E-state index is 12.3. The van der Waals surface area contributed by atoms with Crippen molar-refractivity contribution < 1.29 is 9.90 Å². The van der Waals surface area contributed by atoms with Gasteiger partial charge in [-0.1, -0.05) is 12.1 Å². The number of thiophene rings is 1. The number of hydrogen-bond donors (Lipinski definition) is 2. The third-order valence-electron chi connectivity index (χ3n) is 3.50. The van der Waals surface area contributed by atoms with E-state index in [1.807, 2.05) is 11.4 Å². The number of aliphatic hydroxyl groups is 1. The Balaban J connectivity index is 1.82. The van der Waals surface area contributed by atoms with Gasteiger partial charge in [-0.2, -0.15) is 0 Å². The van der Waals surface area contributed by atoms with Crippen LogP contribution < -0.4 is 10.9 Å². The SMILES string of the molecule is CC(O)(CNC(=O)c1cnc2ccccn2c1=O)c1cccs1. The minimum absolute atomic E-state index is 0.00325. The summed E-state index contributed by atoms with van der Waals surface area (Å²) < 4.78 is 1.31. The molecular weight excluding hydrogens is 314 g/mol. The van der Waals surface area contributed by atoms with Crippen LogP contribution in [0.25, 0.3) is 5.65 Å². The Morgan fingerprint density at radius 2 is 2.22 bits per heavy atom. The monoisotopic (exact) mass is 329 g/mol. The molecule has 3 aromatic rings. The Morgan fingerprint density at radius 3 is 2.96 bits per heavy atom. The van der Waals surface area contributed by atoms with Gasteiger partial charge < -0.3 is 10.4 Å². The van der Waals surface area contributed by atoms with Crippen molar-refractivity contribution in [3.63, 3.8) is 0 Å². The lowest BCUT2D eigenvalue weighted by molar-refractivity contribution is 0.0556. The number of nitrogens with zero attached hydrogens (tertiary/aromatic N) is 2. The number of amides is 1. The molecule has 7 heteroatoms. The molecule has 23 heavy (non-hydrogen) atoms. The Labute approximate surface area is 136 Å². The first-order valence-corrected chi connectivity index (χ1v) is 7.88. The molecule has 0 radical (unpaired) electrons. The minimum Gasteiger partial charge on any atom is -0.383 e. The molecular formula is C16H15N3O3S. The molecule has 0 aliphatic rings. The zero-order valence-corrected chi connectivity index (χ0v) is 13.2. The lowest BCUT2D eigenvalue weighted by atomic mass is 10.1. The van der Waals surface area contributed by atoms with Gasteiger partial charge in [0.15, 0.2) is 0 Å². The second-order valence-corrected chi connectivity index (χ2v) is 6.29. The molecule has 1 amide bonds. The zero-order valence-electron chi connectivity index (χ0n) is 12.4. The first kappa shape index (κ1) is 15.4. The van der Waals surface area contributed by atoms with E-state index in [1.165, 1.54) is 21.9 Å². The van der Waals surface area contributed by atoms with Gasteiger partial charge in [0.25, 0.3) is 11.5 Å². The molecule has 2 N–H and O–H groups in total. The molecule has 3 rings (SSSR count). The number of carbonyl (C=O) groups excluding carboxylic acids is 1. The van der Waals surface area contributed by atoms with Gasteiger partial charge in [0, 0.05) is 17.3 Å².